The topological polar surface area (TPSA) is 21.3 Å². The van der Waals surface area contributed by atoms with Gasteiger partial charge in [-0.3, -0.25) is 0 Å². The van der Waals surface area contributed by atoms with Gasteiger partial charge in [0.1, 0.15) is 17.4 Å². The molecule has 1 N–H and O–H groups in total. The Balaban J connectivity index is 2.08. The highest BCUT2D eigenvalue weighted by molar-refractivity contribution is 6.32. The number of halogens is 3. The van der Waals surface area contributed by atoms with Crippen LogP contribution in [-0.2, 0) is 6.54 Å². The van der Waals surface area contributed by atoms with Crippen LogP contribution in [0.5, 0.6) is 5.75 Å². The smallest absolute Gasteiger partial charge is 0.137 e. The molecule has 100 valence electrons. The van der Waals surface area contributed by atoms with Crippen LogP contribution in [0.25, 0.3) is 0 Å². The lowest BCUT2D eigenvalue weighted by Crippen LogP contribution is -2.00. The Labute approximate surface area is 115 Å². The van der Waals surface area contributed by atoms with Crippen LogP contribution < -0.4 is 10.1 Å². The molecule has 0 atom stereocenters. The normalized spacial score (nSPS) is 10.3. The summed E-state index contributed by atoms with van der Waals surface area (Å²) >= 11 is 5.98. The summed E-state index contributed by atoms with van der Waals surface area (Å²) in [5.74, 6) is -0.613. The number of hydrogen-bond acceptors (Lipinski definition) is 2. The molecule has 0 aromatic heterocycles. The van der Waals surface area contributed by atoms with Crippen molar-refractivity contribution in [1.29, 1.82) is 0 Å². The lowest BCUT2D eigenvalue weighted by molar-refractivity contribution is 0.415. The number of benzene rings is 2. The Morgan fingerprint density at radius 1 is 1.11 bits per heavy atom. The predicted octanol–water partition coefficient (Wildman–Crippen LogP) is 4.24. The fraction of sp³-hybridized carbons (Fsp3) is 0.143. The van der Waals surface area contributed by atoms with E-state index < -0.39 is 11.6 Å². The molecule has 0 fully saturated rings. The summed E-state index contributed by atoms with van der Waals surface area (Å²) in [7, 11) is 1.53. The molecule has 0 aliphatic heterocycles. The second-order valence-corrected chi connectivity index (χ2v) is 4.39. The number of ether oxygens (including phenoxy) is 1. The molecule has 2 nitrogen and oxygen atoms in total. The molecule has 2 aromatic carbocycles. The van der Waals surface area contributed by atoms with Crippen molar-refractivity contribution in [3.05, 3.63) is 58.6 Å². The SMILES string of the molecule is COc1ccc(NCc2cc(F)cc(F)c2)cc1Cl. The zero-order chi connectivity index (χ0) is 13.8. The van der Waals surface area contributed by atoms with Gasteiger partial charge >= 0.3 is 0 Å². The third-order valence-corrected chi connectivity index (χ3v) is 2.87. The first-order valence-electron chi connectivity index (χ1n) is 5.61. The molecule has 0 radical (unpaired) electrons. The van der Waals surface area contributed by atoms with Crippen molar-refractivity contribution in [3.8, 4) is 5.75 Å². The standard InChI is InChI=1S/C14H12ClF2NO/c1-19-14-3-2-12(7-13(14)15)18-8-9-4-10(16)6-11(17)5-9/h2-7,18H,8H2,1H3. The highest BCUT2D eigenvalue weighted by atomic mass is 35.5. The van der Waals surface area contributed by atoms with E-state index in [1.54, 1.807) is 18.2 Å². The Hall–Kier alpha value is -1.81. The third kappa shape index (κ3) is 3.58. The quantitative estimate of drug-likeness (QED) is 0.906. The van der Waals surface area contributed by atoms with E-state index in [0.29, 0.717) is 22.9 Å². The number of nitrogens with one attached hydrogen (secondary N) is 1. The first-order valence-corrected chi connectivity index (χ1v) is 5.98. The van der Waals surface area contributed by atoms with Crippen molar-refractivity contribution in [2.45, 2.75) is 6.54 Å². The van der Waals surface area contributed by atoms with Crippen molar-refractivity contribution >= 4 is 17.3 Å². The third-order valence-electron chi connectivity index (χ3n) is 2.57. The van der Waals surface area contributed by atoms with Crippen LogP contribution in [0.3, 0.4) is 0 Å². The fourth-order valence-electron chi connectivity index (χ4n) is 1.69. The van der Waals surface area contributed by atoms with Gasteiger partial charge < -0.3 is 10.1 Å². The predicted molar refractivity (Wildman–Crippen MR) is 71.7 cm³/mol. The van der Waals surface area contributed by atoms with E-state index in [0.717, 1.165) is 11.8 Å². The number of anilines is 1. The van der Waals surface area contributed by atoms with Gasteiger partial charge in [-0.05, 0) is 35.9 Å². The van der Waals surface area contributed by atoms with E-state index in [9.17, 15) is 8.78 Å². The van der Waals surface area contributed by atoms with Gasteiger partial charge in [-0.1, -0.05) is 11.6 Å². The van der Waals surface area contributed by atoms with Crippen molar-refractivity contribution in [1.82, 2.24) is 0 Å². The molecular weight excluding hydrogens is 272 g/mol. The number of hydrogen-bond donors (Lipinski definition) is 1. The lowest BCUT2D eigenvalue weighted by Gasteiger charge is -2.09. The van der Waals surface area contributed by atoms with Gasteiger partial charge in [-0.25, -0.2) is 8.78 Å². The summed E-state index contributed by atoms with van der Waals surface area (Å²) < 4.78 is 31.1. The molecule has 0 saturated heterocycles. The van der Waals surface area contributed by atoms with Gasteiger partial charge in [-0.2, -0.15) is 0 Å². The van der Waals surface area contributed by atoms with E-state index in [-0.39, 0.29) is 0 Å². The first kappa shape index (κ1) is 13.6. The minimum absolute atomic E-state index is 0.303. The Morgan fingerprint density at radius 3 is 2.37 bits per heavy atom. The van der Waals surface area contributed by atoms with Gasteiger partial charge in [0.2, 0.25) is 0 Å². The maximum Gasteiger partial charge on any atom is 0.137 e. The summed E-state index contributed by atoms with van der Waals surface area (Å²) in [5.41, 5.74) is 1.26. The Kier molecular flexibility index (Phi) is 4.22. The Morgan fingerprint density at radius 2 is 1.79 bits per heavy atom. The minimum Gasteiger partial charge on any atom is -0.495 e. The van der Waals surface area contributed by atoms with E-state index in [4.69, 9.17) is 16.3 Å². The first-order chi connectivity index (χ1) is 9.08. The fourth-order valence-corrected chi connectivity index (χ4v) is 1.95. The van der Waals surface area contributed by atoms with Crippen molar-refractivity contribution in [3.63, 3.8) is 0 Å². The van der Waals surface area contributed by atoms with Gasteiger partial charge in [0.25, 0.3) is 0 Å². The minimum atomic E-state index is -0.593. The van der Waals surface area contributed by atoms with Gasteiger partial charge in [-0.15, -0.1) is 0 Å². The van der Waals surface area contributed by atoms with E-state index in [2.05, 4.69) is 5.32 Å². The summed E-state index contributed by atoms with van der Waals surface area (Å²) in [6, 6.07) is 8.59. The second kappa shape index (κ2) is 5.89. The summed E-state index contributed by atoms with van der Waals surface area (Å²) in [6.45, 7) is 0.303. The highest BCUT2D eigenvalue weighted by Crippen LogP contribution is 2.27. The maximum absolute atomic E-state index is 13.0. The number of methoxy groups -OCH3 is 1. The van der Waals surface area contributed by atoms with Crippen LogP contribution >= 0.6 is 11.6 Å². The van der Waals surface area contributed by atoms with Crippen LogP contribution in [0.15, 0.2) is 36.4 Å². The molecule has 0 spiro atoms. The molecule has 0 aliphatic rings. The molecule has 19 heavy (non-hydrogen) atoms. The molecule has 0 saturated carbocycles. The maximum atomic E-state index is 13.0. The monoisotopic (exact) mass is 283 g/mol. The van der Waals surface area contributed by atoms with Gasteiger partial charge in [0.15, 0.2) is 0 Å². The Bertz CT molecular complexity index is 569. The van der Waals surface area contributed by atoms with E-state index in [1.165, 1.54) is 19.2 Å². The van der Waals surface area contributed by atoms with Gasteiger partial charge in [0, 0.05) is 18.3 Å². The van der Waals surface area contributed by atoms with Crippen molar-refractivity contribution in [2.24, 2.45) is 0 Å². The molecule has 0 heterocycles. The largest absolute Gasteiger partial charge is 0.495 e. The molecule has 0 aliphatic carbocycles. The average molecular weight is 284 g/mol. The van der Waals surface area contributed by atoms with Gasteiger partial charge in [0.05, 0.1) is 12.1 Å². The van der Waals surface area contributed by atoms with Crippen LogP contribution in [0.2, 0.25) is 5.02 Å². The van der Waals surface area contributed by atoms with Crippen LogP contribution in [0.1, 0.15) is 5.56 Å². The molecule has 0 bridgehead atoms. The average Bonchev–Trinajstić information content (AvgIpc) is 2.35. The van der Waals surface area contributed by atoms with E-state index in [1.807, 2.05) is 0 Å². The van der Waals surface area contributed by atoms with Crippen LogP contribution in [-0.4, -0.2) is 7.11 Å². The molecule has 0 unspecified atom stereocenters. The summed E-state index contributed by atoms with van der Waals surface area (Å²) in [5, 5.41) is 3.50. The molecule has 2 rings (SSSR count). The van der Waals surface area contributed by atoms with Crippen LogP contribution in [0, 0.1) is 11.6 Å². The van der Waals surface area contributed by atoms with Crippen molar-refractivity contribution in [2.75, 3.05) is 12.4 Å². The van der Waals surface area contributed by atoms with Crippen molar-refractivity contribution < 1.29 is 13.5 Å². The zero-order valence-electron chi connectivity index (χ0n) is 10.2. The van der Waals surface area contributed by atoms with E-state index >= 15 is 0 Å². The highest BCUT2D eigenvalue weighted by Gasteiger charge is 2.03. The molecule has 5 heteroatoms. The molecule has 2 aromatic rings. The number of rotatable bonds is 4. The second-order valence-electron chi connectivity index (χ2n) is 3.98. The molecular formula is C14H12ClF2NO. The summed E-state index contributed by atoms with van der Waals surface area (Å²) in [4.78, 5) is 0. The van der Waals surface area contributed by atoms with Crippen LogP contribution in [0.4, 0.5) is 14.5 Å². The summed E-state index contributed by atoms with van der Waals surface area (Å²) in [6.07, 6.45) is 0. The molecule has 0 amide bonds. The lowest BCUT2D eigenvalue weighted by atomic mass is 10.2. The zero-order valence-corrected chi connectivity index (χ0v) is 11.0.